The second-order valence-electron chi connectivity index (χ2n) is 10.2. The number of hydrogen-bond donors (Lipinski definition) is 1. The van der Waals surface area contributed by atoms with Crippen molar-refractivity contribution >= 4 is 64.2 Å². The first-order valence-corrected chi connectivity index (χ1v) is 14.8. The summed E-state index contributed by atoms with van der Waals surface area (Å²) in [6.07, 6.45) is -3.04. The molecule has 2 aromatic rings. The Hall–Kier alpha value is -2.81. The van der Waals surface area contributed by atoms with Crippen LogP contribution in [0.3, 0.4) is 0 Å². The Balaban J connectivity index is 0.000000265. The van der Waals surface area contributed by atoms with Crippen molar-refractivity contribution in [3.63, 3.8) is 0 Å². The molecule has 2 aliphatic heterocycles. The van der Waals surface area contributed by atoms with Crippen molar-refractivity contribution in [1.29, 1.82) is 0 Å². The van der Waals surface area contributed by atoms with Gasteiger partial charge in [-0.3, -0.25) is 24.6 Å². The van der Waals surface area contributed by atoms with Gasteiger partial charge in [0.05, 0.1) is 37.3 Å². The van der Waals surface area contributed by atoms with E-state index in [1.807, 2.05) is 4.90 Å². The lowest BCUT2D eigenvalue weighted by Gasteiger charge is -2.40. The van der Waals surface area contributed by atoms with Crippen LogP contribution in [0.15, 0.2) is 29.2 Å². The SMILES string of the molecule is O=C1NC(=O)/C(=C/c2cc(C(F)(F)F)cc(Cl)c2N2CCN(C3CCCC3)CC2)S1.O=Cc1cc(C(F)(F)F)cc(Cl)c1F. The molecule has 1 N–H and O–H groups in total. The van der Waals surface area contributed by atoms with Crippen LogP contribution in [0.5, 0.6) is 0 Å². The highest BCUT2D eigenvalue weighted by Crippen LogP contribution is 2.41. The molecule has 2 amide bonds. The number of amides is 2. The van der Waals surface area contributed by atoms with E-state index in [0.29, 0.717) is 48.7 Å². The Morgan fingerprint density at radius 2 is 1.39 bits per heavy atom. The minimum Gasteiger partial charge on any atom is -0.367 e. The molecule has 44 heavy (non-hydrogen) atoms. The Labute approximate surface area is 261 Å². The van der Waals surface area contributed by atoms with Crippen molar-refractivity contribution in [2.45, 2.75) is 44.1 Å². The van der Waals surface area contributed by atoms with Crippen LogP contribution in [-0.2, 0) is 17.1 Å². The number of carbonyl (C=O) groups excluding carboxylic acids is 3. The van der Waals surface area contributed by atoms with Gasteiger partial charge in [-0.25, -0.2) is 4.39 Å². The number of nitrogens with one attached hydrogen (secondary N) is 1. The summed E-state index contributed by atoms with van der Waals surface area (Å²) in [5.41, 5.74) is -2.08. The molecule has 1 saturated carbocycles. The zero-order chi connectivity index (χ0) is 32.4. The van der Waals surface area contributed by atoms with E-state index in [9.17, 15) is 45.1 Å². The quantitative estimate of drug-likeness (QED) is 0.200. The molecule has 1 aliphatic carbocycles. The van der Waals surface area contributed by atoms with Crippen LogP contribution < -0.4 is 10.2 Å². The van der Waals surface area contributed by atoms with E-state index in [0.717, 1.165) is 25.2 Å². The van der Waals surface area contributed by atoms with E-state index in [-0.39, 0.29) is 21.8 Å². The van der Waals surface area contributed by atoms with Gasteiger partial charge < -0.3 is 4.90 Å². The Morgan fingerprint density at radius 3 is 1.89 bits per heavy atom. The molecule has 16 heteroatoms. The average molecular weight is 686 g/mol. The molecular weight excluding hydrogens is 662 g/mol. The summed E-state index contributed by atoms with van der Waals surface area (Å²) in [5.74, 6) is -1.76. The zero-order valence-corrected chi connectivity index (χ0v) is 25.0. The van der Waals surface area contributed by atoms with Crippen LogP contribution in [-0.4, -0.2) is 54.6 Å². The van der Waals surface area contributed by atoms with Gasteiger partial charge in [0, 0.05) is 37.8 Å². The van der Waals surface area contributed by atoms with Gasteiger partial charge in [0.15, 0.2) is 12.1 Å². The average Bonchev–Trinajstić information content (AvgIpc) is 3.59. The summed E-state index contributed by atoms with van der Waals surface area (Å²) in [6, 6.07) is 3.35. The molecule has 3 fully saturated rings. The van der Waals surface area contributed by atoms with Gasteiger partial charge in [0.25, 0.3) is 11.1 Å². The van der Waals surface area contributed by atoms with Gasteiger partial charge >= 0.3 is 12.4 Å². The highest BCUT2D eigenvalue weighted by atomic mass is 35.5. The number of aldehydes is 1. The molecule has 2 aromatic carbocycles. The Kier molecular flexibility index (Phi) is 10.6. The van der Waals surface area contributed by atoms with Crippen LogP contribution >= 0.6 is 35.0 Å². The van der Waals surface area contributed by atoms with Gasteiger partial charge in [-0.15, -0.1) is 0 Å². The normalized spacial score (nSPS) is 19.3. The minimum absolute atomic E-state index is 0.0132. The number of hydrogen-bond acceptors (Lipinski definition) is 6. The number of piperazine rings is 1. The maximum Gasteiger partial charge on any atom is 0.416 e. The third-order valence-corrected chi connectivity index (χ3v) is 8.70. The summed E-state index contributed by atoms with van der Waals surface area (Å²) in [7, 11) is 0. The first-order valence-electron chi connectivity index (χ1n) is 13.2. The van der Waals surface area contributed by atoms with Gasteiger partial charge in [-0.1, -0.05) is 36.0 Å². The second-order valence-corrected chi connectivity index (χ2v) is 12.0. The number of nitrogens with zero attached hydrogens (tertiary/aromatic N) is 2. The van der Waals surface area contributed by atoms with Crippen molar-refractivity contribution in [2.75, 3.05) is 31.1 Å². The van der Waals surface area contributed by atoms with E-state index >= 15 is 0 Å². The van der Waals surface area contributed by atoms with E-state index in [4.69, 9.17) is 23.2 Å². The number of halogens is 9. The second kappa shape index (κ2) is 13.7. The number of thioether (sulfide) groups is 1. The van der Waals surface area contributed by atoms with Gasteiger partial charge in [-0.2, -0.15) is 26.3 Å². The van der Waals surface area contributed by atoms with E-state index in [1.54, 1.807) is 0 Å². The number of anilines is 1. The van der Waals surface area contributed by atoms with Gasteiger partial charge in [0.2, 0.25) is 0 Å². The molecule has 0 unspecified atom stereocenters. The summed E-state index contributed by atoms with van der Waals surface area (Å²) >= 11 is 12.2. The molecule has 0 spiro atoms. The molecule has 6 nitrogen and oxygen atoms in total. The topological polar surface area (TPSA) is 69.7 Å². The third kappa shape index (κ3) is 8.06. The number of carbonyl (C=O) groups is 3. The fraction of sp³-hybridized carbons (Fsp3) is 0.393. The zero-order valence-electron chi connectivity index (χ0n) is 22.6. The molecule has 0 atom stereocenters. The first kappa shape index (κ1) is 34.1. The lowest BCUT2D eigenvalue weighted by atomic mass is 10.0. The minimum atomic E-state index is -4.64. The van der Waals surface area contributed by atoms with Crippen LogP contribution in [0, 0.1) is 5.82 Å². The number of alkyl halides is 6. The largest absolute Gasteiger partial charge is 0.416 e. The molecule has 0 bridgehead atoms. The first-order chi connectivity index (χ1) is 20.6. The standard InChI is InChI=1S/C20H21ClF3N3O2S.C8H3ClF4O/c21-15-11-13(20(22,23)24)9-12(10-16-18(28)25-19(29)30-16)17(15)27-7-5-26(6-8-27)14-3-1-2-4-14;9-6-2-5(8(11,12)13)1-4(3-14)7(6)10/h9-11,14H,1-8H2,(H,25,28,29);1-3H/b16-10-;. The maximum atomic E-state index is 13.4. The fourth-order valence-corrected chi connectivity index (χ4v) is 6.48. The number of benzene rings is 2. The van der Waals surface area contributed by atoms with Gasteiger partial charge in [0.1, 0.15) is 0 Å². The van der Waals surface area contributed by atoms with Crippen molar-refractivity contribution in [3.05, 3.63) is 67.3 Å². The highest BCUT2D eigenvalue weighted by molar-refractivity contribution is 8.18. The summed E-state index contributed by atoms with van der Waals surface area (Å²) in [4.78, 5) is 38.1. The van der Waals surface area contributed by atoms with Crippen molar-refractivity contribution in [2.24, 2.45) is 0 Å². The van der Waals surface area contributed by atoms with Gasteiger partial charge in [-0.05, 0) is 54.9 Å². The summed E-state index contributed by atoms with van der Waals surface area (Å²) < 4.78 is 89.3. The Morgan fingerprint density at radius 1 is 0.841 bits per heavy atom. The predicted octanol–water partition coefficient (Wildman–Crippen LogP) is 8.06. The van der Waals surface area contributed by atoms with E-state index in [1.165, 1.54) is 31.8 Å². The maximum absolute atomic E-state index is 13.4. The smallest absolute Gasteiger partial charge is 0.367 e. The lowest BCUT2D eigenvalue weighted by molar-refractivity contribution is -0.138. The molecule has 5 rings (SSSR count). The van der Waals surface area contributed by atoms with Crippen molar-refractivity contribution in [3.8, 4) is 0 Å². The van der Waals surface area contributed by atoms with Crippen LogP contribution in [0.2, 0.25) is 10.0 Å². The molecule has 0 aromatic heterocycles. The van der Waals surface area contributed by atoms with Crippen molar-refractivity contribution in [1.82, 2.24) is 10.2 Å². The third-order valence-electron chi connectivity index (χ3n) is 7.33. The fourth-order valence-electron chi connectivity index (χ4n) is 5.23. The molecule has 2 saturated heterocycles. The lowest BCUT2D eigenvalue weighted by Crippen LogP contribution is -2.50. The van der Waals surface area contributed by atoms with Crippen molar-refractivity contribution < 1.29 is 45.1 Å². The monoisotopic (exact) mass is 685 g/mol. The summed E-state index contributed by atoms with van der Waals surface area (Å²) in [5, 5.41) is 0.845. The molecular formula is C28H24Cl2F7N3O3S. The summed E-state index contributed by atoms with van der Waals surface area (Å²) in [6.45, 7) is 2.89. The molecule has 2 heterocycles. The molecule has 3 aliphatic rings. The molecule has 238 valence electrons. The van der Waals surface area contributed by atoms with E-state index in [2.05, 4.69) is 10.2 Å². The molecule has 0 radical (unpaired) electrons. The number of imide groups is 1. The van der Waals surface area contributed by atoms with Crippen LogP contribution in [0.4, 0.5) is 41.2 Å². The van der Waals surface area contributed by atoms with Crippen LogP contribution in [0.25, 0.3) is 6.08 Å². The van der Waals surface area contributed by atoms with Crippen LogP contribution in [0.1, 0.15) is 52.7 Å². The highest BCUT2D eigenvalue weighted by Gasteiger charge is 2.35. The predicted molar refractivity (Wildman–Crippen MR) is 153 cm³/mol. The number of rotatable bonds is 4. The van der Waals surface area contributed by atoms with E-state index < -0.39 is 51.0 Å². The Bertz CT molecular complexity index is 1470.